The summed E-state index contributed by atoms with van der Waals surface area (Å²) in [6.07, 6.45) is 0. The summed E-state index contributed by atoms with van der Waals surface area (Å²) in [5, 5.41) is 15.7. The van der Waals surface area contributed by atoms with Crippen LogP contribution in [0.15, 0.2) is 227 Å². The summed E-state index contributed by atoms with van der Waals surface area (Å²) in [5.41, 5.74) is 18.4. The van der Waals surface area contributed by atoms with Crippen LogP contribution in [-0.4, -0.2) is 17.6 Å². The van der Waals surface area contributed by atoms with Gasteiger partial charge in [-0.25, -0.2) is 0 Å². The Kier molecular flexibility index (Phi) is 8.40. The van der Waals surface area contributed by atoms with Gasteiger partial charge in [0.2, 0.25) is 0 Å². The molecule has 0 radical (unpaired) electrons. The van der Waals surface area contributed by atoms with Crippen LogP contribution in [0.3, 0.4) is 0 Å². The molecule has 0 amide bonds. The van der Waals surface area contributed by atoms with Crippen molar-refractivity contribution in [3.63, 3.8) is 0 Å². The highest BCUT2D eigenvalue weighted by Gasteiger charge is 2.29. The van der Waals surface area contributed by atoms with Gasteiger partial charge >= 0.3 is 0 Å². The molecule has 17 rings (SSSR count). The summed E-state index contributed by atoms with van der Waals surface area (Å²) < 4.78 is 18.6. The van der Waals surface area contributed by atoms with Gasteiger partial charge in [0.15, 0.2) is 11.2 Å². The highest BCUT2D eigenvalue weighted by atomic mass is 28.3. The second-order valence-electron chi connectivity index (χ2n) is 21.1. The van der Waals surface area contributed by atoms with E-state index in [1.807, 2.05) is 6.07 Å². The van der Waals surface area contributed by atoms with Crippen LogP contribution in [-0.2, 0) is 0 Å². The molecule has 0 N–H and O–H groups in total. The van der Waals surface area contributed by atoms with Gasteiger partial charge in [0.1, 0.15) is 11.2 Å². The van der Waals surface area contributed by atoms with Crippen molar-refractivity contribution in [2.45, 2.75) is 20.0 Å². The zero-order valence-electron chi connectivity index (χ0n) is 42.0. The molecule has 0 aliphatic carbocycles. The quantitative estimate of drug-likeness (QED) is 0.149. The molecule has 0 saturated heterocycles. The third-order valence-corrected chi connectivity index (χ3v) is 18.3. The Morgan fingerprint density at radius 1 is 0.342 bits per heavy atom. The molecule has 7 heteroatoms. The number of aryl methyl sites for hydroxylation is 1. The molecule has 17 aromatic rings. The molecule has 6 heterocycles. The fourth-order valence-corrected chi connectivity index (χ4v) is 14.2. The molecule has 6 nitrogen and oxygen atoms in total. The van der Waals surface area contributed by atoms with E-state index >= 15 is 0 Å². The van der Waals surface area contributed by atoms with Crippen LogP contribution in [0.25, 0.3) is 120 Å². The van der Waals surface area contributed by atoms with Gasteiger partial charge in [-0.05, 0) is 91.9 Å². The third-order valence-electron chi connectivity index (χ3n) is 16.6. The standard InChI is InChI=1S/C69H46N4O2Si/c1-40-30-32-41(33-31-40)70(58-26-10-18-48-44-14-4-6-28-62(44)74-68(48)58)54-22-12-24-56-64(54)50-20-8-16-46-52-39-61-53(38-60(52)72(56)66(46)50)47-17-9-21-51-65-55(23-13-25-57(65)73(61)67(47)51)71(42-34-36-43(37-35-42)76(2)3)59-27-11-19-49-45-15-5-7-29-63(45)75-69(49)59/h4-39,76H,1-3H3. The van der Waals surface area contributed by atoms with Crippen LogP contribution in [0.1, 0.15) is 5.56 Å². The normalized spacial score (nSPS) is 12.5. The maximum Gasteiger partial charge on any atom is 0.159 e. The number of hydrogen-bond acceptors (Lipinski definition) is 4. The van der Waals surface area contributed by atoms with E-state index in [1.165, 1.54) is 86.9 Å². The van der Waals surface area contributed by atoms with Crippen LogP contribution < -0.4 is 15.0 Å². The molecule has 0 saturated carbocycles. The Morgan fingerprint density at radius 3 is 1.22 bits per heavy atom. The number of furan rings is 2. The maximum absolute atomic E-state index is 6.80. The fraction of sp³-hybridized carbons (Fsp3) is 0.0435. The predicted molar refractivity (Wildman–Crippen MR) is 323 cm³/mol. The van der Waals surface area contributed by atoms with Crippen molar-refractivity contribution in [3.8, 4) is 0 Å². The average molecular weight is 991 g/mol. The number of benzene rings is 11. The lowest BCUT2D eigenvalue weighted by atomic mass is 10.0. The molecule has 0 aliphatic rings. The van der Waals surface area contributed by atoms with Crippen molar-refractivity contribution >= 4 is 168 Å². The lowest BCUT2D eigenvalue weighted by Crippen LogP contribution is -2.22. The smallest absolute Gasteiger partial charge is 0.159 e. The van der Waals surface area contributed by atoms with Gasteiger partial charge in [-0.1, -0.05) is 157 Å². The molecule has 11 aromatic carbocycles. The minimum Gasteiger partial charge on any atom is -0.454 e. The number of para-hydroxylation sites is 6. The summed E-state index contributed by atoms with van der Waals surface area (Å²) in [7, 11) is -1.03. The largest absolute Gasteiger partial charge is 0.454 e. The Bertz CT molecular complexity index is 5230. The molecule has 0 unspecified atom stereocenters. The second-order valence-corrected chi connectivity index (χ2v) is 24.0. The molecule has 0 spiro atoms. The maximum atomic E-state index is 6.80. The van der Waals surface area contributed by atoms with Crippen LogP contribution in [0.4, 0.5) is 34.1 Å². The highest BCUT2D eigenvalue weighted by molar-refractivity contribution is 6.70. The SMILES string of the molecule is Cc1ccc(N(c2cccc3c2oc2ccccc23)c2cccc3c2c2cccc4c5cc6c(cc5n3c42)c2cccc3c4c(N(c5ccc([SiH](C)C)cc5)c5cccc7c5oc5ccccc57)cccc4n6c23)cc1. The van der Waals surface area contributed by atoms with Gasteiger partial charge in [0.05, 0.1) is 64.6 Å². The predicted octanol–water partition coefficient (Wildman–Crippen LogP) is 18.7. The first-order chi connectivity index (χ1) is 37.5. The van der Waals surface area contributed by atoms with Crippen molar-refractivity contribution in [2.24, 2.45) is 0 Å². The van der Waals surface area contributed by atoms with Gasteiger partial charge in [-0.3, -0.25) is 0 Å². The third kappa shape index (κ3) is 5.54. The lowest BCUT2D eigenvalue weighted by Gasteiger charge is -2.27. The molecule has 358 valence electrons. The molecular formula is C69H46N4O2Si. The van der Waals surface area contributed by atoms with Crippen LogP contribution >= 0.6 is 0 Å². The van der Waals surface area contributed by atoms with E-state index in [0.717, 1.165) is 78.0 Å². The van der Waals surface area contributed by atoms with Crippen molar-refractivity contribution in [2.75, 3.05) is 9.80 Å². The Morgan fingerprint density at radius 2 is 0.737 bits per heavy atom. The first kappa shape index (κ1) is 41.9. The van der Waals surface area contributed by atoms with Crippen molar-refractivity contribution in [3.05, 3.63) is 224 Å². The number of rotatable bonds is 7. The van der Waals surface area contributed by atoms with E-state index in [2.05, 4.69) is 251 Å². The number of hydrogen-bond donors (Lipinski definition) is 0. The fourth-order valence-electron chi connectivity index (χ4n) is 13.2. The van der Waals surface area contributed by atoms with Gasteiger partial charge in [0, 0.05) is 76.0 Å². The zero-order chi connectivity index (χ0) is 50.1. The number of fused-ring (bicyclic) bond motifs is 18. The second kappa shape index (κ2) is 15.3. The van der Waals surface area contributed by atoms with E-state index < -0.39 is 8.80 Å². The van der Waals surface area contributed by atoms with Gasteiger partial charge in [-0.15, -0.1) is 0 Å². The molecule has 0 bridgehead atoms. The molecule has 76 heavy (non-hydrogen) atoms. The Balaban J connectivity index is 0.914. The first-order valence-electron chi connectivity index (χ1n) is 26.4. The van der Waals surface area contributed by atoms with Crippen molar-refractivity contribution in [1.29, 1.82) is 0 Å². The summed E-state index contributed by atoms with van der Waals surface area (Å²) in [4.78, 5) is 4.84. The summed E-state index contributed by atoms with van der Waals surface area (Å²) in [6, 6.07) is 80.3. The Hall–Kier alpha value is -9.56. The summed E-state index contributed by atoms with van der Waals surface area (Å²) in [6.45, 7) is 6.93. The molecule has 6 aromatic heterocycles. The van der Waals surface area contributed by atoms with E-state index in [-0.39, 0.29) is 0 Å². The van der Waals surface area contributed by atoms with Crippen LogP contribution in [0.2, 0.25) is 13.1 Å². The first-order valence-corrected chi connectivity index (χ1v) is 29.2. The number of anilines is 6. The highest BCUT2D eigenvalue weighted by Crippen LogP contribution is 2.52. The van der Waals surface area contributed by atoms with Gasteiger partial charge in [0.25, 0.3) is 0 Å². The minimum absolute atomic E-state index is 0.870. The van der Waals surface area contributed by atoms with Crippen molar-refractivity contribution in [1.82, 2.24) is 8.80 Å². The number of nitrogens with zero attached hydrogens (tertiary/aromatic N) is 4. The van der Waals surface area contributed by atoms with Gasteiger partial charge in [-0.2, -0.15) is 0 Å². The average Bonchev–Trinajstić information content (AvgIpc) is 4.33. The lowest BCUT2D eigenvalue weighted by molar-refractivity contribution is 0.669. The Labute approximate surface area is 437 Å². The van der Waals surface area contributed by atoms with E-state index in [4.69, 9.17) is 8.83 Å². The molecular weight excluding hydrogens is 945 g/mol. The van der Waals surface area contributed by atoms with Crippen LogP contribution in [0, 0.1) is 6.92 Å². The molecule has 0 fully saturated rings. The summed E-state index contributed by atoms with van der Waals surface area (Å²) in [5.74, 6) is 0. The minimum atomic E-state index is -1.03. The molecule has 0 atom stereocenters. The van der Waals surface area contributed by atoms with E-state index in [0.29, 0.717) is 0 Å². The van der Waals surface area contributed by atoms with E-state index in [1.54, 1.807) is 0 Å². The number of aromatic nitrogens is 2. The van der Waals surface area contributed by atoms with Crippen molar-refractivity contribution < 1.29 is 8.83 Å². The zero-order valence-corrected chi connectivity index (χ0v) is 43.1. The van der Waals surface area contributed by atoms with E-state index in [9.17, 15) is 0 Å². The monoisotopic (exact) mass is 990 g/mol. The molecule has 0 aliphatic heterocycles. The summed E-state index contributed by atoms with van der Waals surface area (Å²) >= 11 is 0. The van der Waals surface area contributed by atoms with Gasteiger partial charge < -0.3 is 27.4 Å². The topological polar surface area (TPSA) is 41.6 Å². The van der Waals surface area contributed by atoms with Crippen LogP contribution in [0.5, 0.6) is 0 Å².